The Labute approximate surface area is 320 Å². The maximum absolute atomic E-state index is 11.0. The van der Waals surface area contributed by atoms with Crippen molar-refractivity contribution in [3.05, 3.63) is 103 Å². The molecule has 0 saturated carbocycles. The summed E-state index contributed by atoms with van der Waals surface area (Å²) < 4.78 is 51.2. The van der Waals surface area contributed by atoms with Crippen molar-refractivity contribution in [2.75, 3.05) is 6.26 Å². The molecule has 3 rings (SSSR count). The molecule has 3 aromatic carbocycles. The quantitative estimate of drug-likeness (QED) is 0.0733. The van der Waals surface area contributed by atoms with E-state index in [1.54, 1.807) is 42.5 Å². The summed E-state index contributed by atoms with van der Waals surface area (Å²) in [6, 6.07) is 22.5. The minimum atomic E-state index is -3.67. The molecule has 0 aromatic heterocycles. The molecule has 0 aliphatic carbocycles. The fraction of sp³-hybridized carbons (Fsp3) is 0.0455. The van der Waals surface area contributed by atoms with Gasteiger partial charge in [-0.05, 0) is 11.8 Å². The Bertz CT molecular complexity index is 1400. The monoisotopic (exact) mass is 863 g/mol. The van der Waals surface area contributed by atoms with Gasteiger partial charge in [0.05, 0.1) is 12.5 Å². The second-order valence-electron chi connectivity index (χ2n) is 6.13. The number of amidine groups is 1. The molecule has 0 heterocycles. The van der Waals surface area contributed by atoms with Gasteiger partial charge in [-0.25, -0.2) is 5.11 Å². The van der Waals surface area contributed by atoms with Crippen LogP contribution in [0.15, 0.2) is 94.2 Å². The summed E-state index contributed by atoms with van der Waals surface area (Å²) in [7, 11) is -6.78. The molecule has 40 heavy (non-hydrogen) atoms. The molecule has 210 valence electrons. The van der Waals surface area contributed by atoms with Gasteiger partial charge in [0, 0.05) is 104 Å². The largest absolute Gasteiger partial charge is 2.00 e. The smallest absolute Gasteiger partial charge is 0.571 e. The minimum Gasteiger partial charge on any atom is -0.571 e. The van der Waals surface area contributed by atoms with Crippen LogP contribution in [-0.2, 0) is 141 Å². The maximum atomic E-state index is 11.0. The number of hydrogen-bond acceptors (Lipinski definition) is 9. The van der Waals surface area contributed by atoms with Gasteiger partial charge >= 0.3 is 27.7 Å². The molecule has 2 N–H and O–H groups in total. The predicted octanol–water partition coefficient (Wildman–Crippen LogP) is 3.94. The van der Waals surface area contributed by atoms with Crippen molar-refractivity contribution in [1.82, 2.24) is 0 Å². The minimum absolute atomic E-state index is 0. The zero-order valence-electron chi connectivity index (χ0n) is 21.0. The SMILES string of the molecule is CS(=O)(=O)O.O=S(=O)=O.O=[C-]c1ccccc1N=NC(=N[N-]c1ccccc1O)c1ccccc1.[CH3-].[Cu+2].[Y].[Y].[Y]. The van der Waals surface area contributed by atoms with Crippen molar-refractivity contribution in [3.8, 4) is 5.75 Å². The Balaban J connectivity index is -0.000000256. The number of phenolic OH excluding ortho intramolecular Hbond substituents is 1. The van der Waals surface area contributed by atoms with Crippen molar-refractivity contribution in [2.45, 2.75) is 0 Å². The summed E-state index contributed by atoms with van der Waals surface area (Å²) in [6.07, 6.45) is 2.54. The molecule has 0 aliphatic heterocycles. The first-order valence-corrected chi connectivity index (χ1v) is 12.1. The van der Waals surface area contributed by atoms with E-state index in [-0.39, 0.29) is 134 Å². The topological polar surface area (TPSA) is 194 Å². The zero-order chi connectivity index (χ0) is 26.3. The van der Waals surface area contributed by atoms with E-state index in [0.29, 0.717) is 28.8 Å². The van der Waals surface area contributed by atoms with Gasteiger partial charge in [-0.3, -0.25) is 4.55 Å². The molecule has 0 unspecified atom stereocenters. The predicted molar refractivity (Wildman–Crippen MR) is 133 cm³/mol. The third-order valence-corrected chi connectivity index (χ3v) is 3.43. The van der Waals surface area contributed by atoms with E-state index in [1.165, 1.54) is 6.07 Å². The van der Waals surface area contributed by atoms with Gasteiger partial charge in [0.1, 0.15) is 5.75 Å². The molecule has 0 aliphatic rings. The van der Waals surface area contributed by atoms with Gasteiger partial charge in [0.2, 0.25) is 0 Å². The van der Waals surface area contributed by atoms with E-state index >= 15 is 0 Å². The molecule has 3 aromatic rings. The van der Waals surface area contributed by atoms with E-state index in [4.69, 9.17) is 17.2 Å². The van der Waals surface area contributed by atoms with E-state index in [0.717, 1.165) is 0 Å². The van der Waals surface area contributed by atoms with Gasteiger partial charge in [-0.15, -0.1) is 29.4 Å². The Morgan fingerprint density at radius 1 is 0.875 bits per heavy atom. The van der Waals surface area contributed by atoms with Crippen LogP contribution in [-0.4, -0.2) is 49.1 Å². The van der Waals surface area contributed by atoms with Gasteiger partial charge in [-0.1, -0.05) is 66.4 Å². The van der Waals surface area contributed by atoms with Crippen molar-refractivity contribution in [1.29, 1.82) is 0 Å². The first-order chi connectivity index (χ1) is 16.5. The fourth-order valence-electron chi connectivity index (χ4n) is 2.12. The Hall–Kier alpha value is -0.439. The average molecular weight is 864 g/mol. The van der Waals surface area contributed by atoms with Crippen molar-refractivity contribution < 1.29 is 151 Å². The Kier molecular flexibility index (Phi) is 33.7. The van der Waals surface area contributed by atoms with Crippen molar-refractivity contribution in [2.24, 2.45) is 15.3 Å². The second-order valence-corrected chi connectivity index (χ2v) is 8.01. The van der Waals surface area contributed by atoms with Crippen LogP contribution in [0.25, 0.3) is 5.43 Å². The number of carbonyl (C=O) groups excluding carboxylic acids is 1. The van der Waals surface area contributed by atoms with Crippen molar-refractivity contribution >= 4 is 44.2 Å². The summed E-state index contributed by atoms with van der Waals surface area (Å²) in [6.45, 7) is 0. The third-order valence-electron chi connectivity index (χ3n) is 3.43. The summed E-state index contributed by atoms with van der Waals surface area (Å²) in [5.74, 6) is 0.260. The zero-order valence-corrected chi connectivity index (χ0v) is 32.1. The van der Waals surface area contributed by atoms with Crippen LogP contribution in [0, 0.1) is 7.43 Å². The van der Waals surface area contributed by atoms with Crippen molar-refractivity contribution in [3.63, 3.8) is 0 Å². The van der Waals surface area contributed by atoms with Gasteiger partial charge in [0.15, 0.2) is 5.84 Å². The first kappa shape index (κ1) is 49.2. The van der Waals surface area contributed by atoms with Crippen LogP contribution >= 0.6 is 0 Å². The fourth-order valence-corrected chi connectivity index (χ4v) is 2.12. The number of para-hydroxylation sites is 1. The number of hydrogen-bond donors (Lipinski definition) is 2. The van der Waals surface area contributed by atoms with Gasteiger partial charge < -0.3 is 27.9 Å². The van der Waals surface area contributed by atoms with E-state index in [1.807, 2.05) is 36.6 Å². The van der Waals surface area contributed by atoms with E-state index < -0.39 is 20.7 Å². The summed E-state index contributed by atoms with van der Waals surface area (Å²) in [4.78, 5) is 11.0. The number of azo groups is 1. The van der Waals surface area contributed by atoms with Gasteiger partial charge in [-0.2, -0.15) is 14.5 Å². The molecule has 4 radical (unpaired) electrons. The van der Waals surface area contributed by atoms with Crippen LogP contribution in [0.5, 0.6) is 5.75 Å². The first-order valence-electron chi connectivity index (χ1n) is 9.21. The standard InChI is InChI=1S/C20H14N4O2.CH4O3S.CH3.Cu.O3S.3Y/c25-14-16-10-4-5-11-17(16)21-23-20(15-8-2-1-3-9-15)24-22-18-12-6-7-13-19(18)26;1-5(2,3)4;;;1-4(2)3;;;/h1-13H,(H-,21,22,23,24,25,26);1H3,(H,2,3,4);1H3;;;;;/q-2;;-1;+2;;;;. The number of phenols is 1. The van der Waals surface area contributed by atoms with E-state index in [9.17, 15) is 18.3 Å². The summed E-state index contributed by atoms with van der Waals surface area (Å²) in [5.41, 5.74) is 5.75. The molecule has 0 amide bonds. The molecule has 18 heteroatoms. The van der Waals surface area contributed by atoms with E-state index in [2.05, 4.69) is 20.8 Å². The number of benzene rings is 3. The Morgan fingerprint density at radius 3 is 1.82 bits per heavy atom. The maximum Gasteiger partial charge on any atom is 2.00 e. The van der Waals surface area contributed by atoms with Gasteiger partial charge in [0.25, 0.3) is 10.1 Å². The summed E-state index contributed by atoms with van der Waals surface area (Å²) >= 11 is 0. The molecular weight excluding hydrogens is 843 g/mol. The average Bonchev–Trinajstić information content (AvgIpc) is 2.79. The number of rotatable bonds is 5. The molecule has 0 atom stereocenters. The van der Waals surface area contributed by atoms with Crippen LogP contribution in [0.4, 0.5) is 11.4 Å². The molecule has 0 bridgehead atoms. The van der Waals surface area contributed by atoms with Crippen LogP contribution in [0.1, 0.15) is 11.1 Å². The third kappa shape index (κ3) is 24.2. The molecular formula is C22H21CuN4O8S2Y3-. The Morgan fingerprint density at radius 2 is 1.32 bits per heavy atom. The van der Waals surface area contributed by atoms with Crippen LogP contribution in [0.2, 0.25) is 0 Å². The normalized spacial score (nSPS) is 9.50. The van der Waals surface area contributed by atoms with Crippen LogP contribution in [0.3, 0.4) is 0 Å². The molecule has 12 nitrogen and oxygen atoms in total. The number of aromatic hydroxyl groups is 1. The molecule has 0 saturated heterocycles. The summed E-state index contributed by atoms with van der Waals surface area (Å²) in [5, 5.41) is 22.2. The van der Waals surface area contributed by atoms with Crippen LogP contribution < -0.4 is 0 Å². The number of nitrogens with zero attached hydrogens (tertiary/aromatic N) is 4. The second kappa shape index (κ2) is 27.4. The molecule has 0 spiro atoms. The molecule has 0 fully saturated rings.